The standard InChI is InChI=1S/C18H20N4O2/c1-18(24,15-10-20-22(2)11-15)12-19-17(23)21-16-8-7-13-5-3-4-6-14(13)9-16/h3-11,24H,12H2,1-2H3,(H2,19,21,23). The van der Waals surface area contributed by atoms with Crippen LogP contribution >= 0.6 is 0 Å². The van der Waals surface area contributed by atoms with Crippen molar-refractivity contribution >= 4 is 22.5 Å². The van der Waals surface area contributed by atoms with Crippen LogP contribution in [0.15, 0.2) is 54.9 Å². The zero-order chi connectivity index (χ0) is 17.2. The van der Waals surface area contributed by atoms with Crippen LogP contribution in [-0.4, -0.2) is 27.5 Å². The fourth-order valence-electron chi connectivity index (χ4n) is 2.50. The van der Waals surface area contributed by atoms with Crippen LogP contribution < -0.4 is 10.6 Å². The summed E-state index contributed by atoms with van der Waals surface area (Å²) in [5, 5.41) is 22.1. The normalized spacial score (nSPS) is 13.5. The Bertz CT molecular complexity index is 870. The quantitative estimate of drug-likeness (QED) is 0.690. The van der Waals surface area contributed by atoms with E-state index in [2.05, 4.69) is 15.7 Å². The van der Waals surface area contributed by atoms with E-state index < -0.39 is 5.60 Å². The molecule has 24 heavy (non-hydrogen) atoms. The lowest BCUT2D eigenvalue weighted by molar-refractivity contribution is 0.0599. The molecule has 0 fully saturated rings. The van der Waals surface area contributed by atoms with Gasteiger partial charge in [0, 0.05) is 24.5 Å². The number of fused-ring (bicyclic) bond motifs is 1. The molecule has 3 aromatic rings. The van der Waals surface area contributed by atoms with Crippen LogP contribution in [0.2, 0.25) is 0 Å². The van der Waals surface area contributed by atoms with Crippen LogP contribution in [-0.2, 0) is 12.6 Å². The van der Waals surface area contributed by atoms with Gasteiger partial charge < -0.3 is 15.7 Å². The number of amides is 2. The monoisotopic (exact) mass is 324 g/mol. The van der Waals surface area contributed by atoms with Crippen molar-refractivity contribution in [2.24, 2.45) is 7.05 Å². The number of carbonyl (C=O) groups excluding carboxylic acids is 1. The van der Waals surface area contributed by atoms with Crippen LogP contribution in [0.25, 0.3) is 10.8 Å². The highest BCUT2D eigenvalue weighted by Gasteiger charge is 2.25. The smallest absolute Gasteiger partial charge is 0.319 e. The van der Waals surface area contributed by atoms with Gasteiger partial charge in [0.05, 0.1) is 12.7 Å². The average Bonchev–Trinajstić information content (AvgIpc) is 3.00. The van der Waals surface area contributed by atoms with Gasteiger partial charge >= 0.3 is 6.03 Å². The Morgan fingerprint density at radius 1 is 1.25 bits per heavy atom. The first kappa shape index (κ1) is 16.0. The fraction of sp³-hybridized carbons (Fsp3) is 0.222. The molecule has 2 amide bonds. The molecule has 1 heterocycles. The maximum absolute atomic E-state index is 12.1. The first-order valence-corrected chi connectivity index (χ1v) is 7.69. The van der Waals surface area contributed by atoms with E-state index in [4.69, 9.17) is 0 Å². The summed E-state index contributed by atoms with van der Waals surface area (Å²) in [7, 11) is 1.78. The van der Waals surface area contributed by atoms with E-state index in [9.17, 15) is 9.90 Å². The number of anilines is 1. The molecule has 1 atom stereocenters. The number of aromatic nitrogens is 2. The van der Waals surface area contributed by atoms with Crippen LogP contribution in [0.3, 0.4) is 0 Å². The molecule has 3 N–H and O–H groups in total. The second-order valence-electron chi connectivity index (χ2n) is 6.05. The Balaban J connectivity index is 1.62. The van der Waals surface area contributed by atoms with Crippen molar-refractivity contribution in [3.05, 3.63) is 60.4 Å². The number of nitrogens with one attached hydrogen (secondary N) is 2. The van der Waals surface area contributed by atoms with Crippen molar-refractivity contribution < 1.29 is 9.90 Å². The van der Waals surface area contributed by atoms with E-state index in [1.54, 1.807) is 31.0 Å². The lowest BCUT2D eigenvalue weighted by Gasteiger charge is -2.22. The third-order valence-corrected chi connectivity index (χ3v) is 3.93. The van der Waals surface area contributed by atoms with Gasteiger partial charge in [0.15, 0.2) is 0 Å². The van der Waals surface area contributed by atoms with E-state index in [1.165, 1.54) is 0 Å². The average molecular weight is 324 g/mol. The lowest BCUT2D eigenvalue weighted by atomic mass is 10.00. The van der Waals surface area contributed by atoms with Crippen molar-refractivity contribution in [3.8, 4) is 0 Å². The van der Waals surface area contributed by atoms with Gasteiger partial charge in [-0.05, 0) is 29.8 Å². The molecule has 3 rings (SSSR count). The minimum atomic E-state index is -1.19. The van der Waals surface area contributed by atoms with Gasteiger partial charge in [0.2, 0.25) is 0 Å². The van der Waals surface area contributed by atoms with E-state index in [0.29, 0.717) is 11.3 Å². The summed E-state index contributed by atoms with van der Waals surface area (Å²) in [6.07, 6.45) is 3.31. The highest BCUT2D eigenvalue weighted by atomic mass is 16.3. The molecule has 0 saturated carbocycles. The number of rotatable bonds is 4. The number of benzene rings is 2. The van der Waals surface area contributed by atoms with Crippen LogP contribution in [0, 0.1) is 0 Å². The van der Waals surface area contributed by atoms with Crippen LogP contribution in [0.5, 0.6) is 0 Å². The van der Waals surface area contributed by atoms with E-state index in [1.807, 2.05) is 42.5 Å². The minimum Gasteiger partial charge on any atom is -0.383 e. The molecule has 124 valence electrons. The summed E-state index contributed by atoms with van der Waals surface area (Å²) in [4.78, 5) is 12.1. The third-order valence-electron chi connectivity index (χ3n) is 3.93. The molecule has 1 aromatic heterocycles. The summed E-state index contributed by atoms with van der Waals surface area (Å²) >= 11 is 0. The zero-order valence-electron chi connectivity index (χ0n) is 13.7. The van der Waals surface area contributed by atoms with Crippen LogP contribution in [0.4, 0.5) is 10.5 Å². The van der Waals surface area contributed by atoms with E-state index >= 15 is 0 Å². The Kier molecular flexibility index (Phi) is 4.22. The Labute approximate surface area is 140 Å². The number of hydrogen-bond donors (Lipinski definition) is 3. The second-order valence-corrected chi connectivity index (χ2v) is 6.05. The first-order chi connectivity index (χ1) is 11.4. The minimum absolute atomic E-state index is 0.0815. The number of carbonyl (C=O) groups is 1. The molecule has 0 radical (unpaired) electrons. The molecule has 0 spiro atoms. The molecule has 0 aliphatic heterocycles. The van der Waals surface area contributed by atoms with Crippen molar-refractivity contribution in [1.29, 1.82) is 0 Å². The van der Waals surface area contributed by atoms with Crippen molar-refractivity contribution in [1.82, 2.24) is 15.1 Å². The molecule has 0 saturated heterocycles. The summed E-state index contributed by atoms with van der Waals surface area (Å²) < 4.78 is 1.61. The third kappa shape index (κ3) is 3.55. The van der Waals surface area contributed by atoms with Gasteiger partial charge in [-0.2, -0.15) is 5.10 Å². The fourth-order valence-corrected chi connectivity index (χ4v) is 2.50. The summed E-state index contributed by atoms with van der Waals surface area (Å²) in [5.41, 5.74) is 0.165. The molecule has 1 unspecified atom stereocenters. The number of nitrogens with zero attached hydrogens (tertiary/aromatic N) is 2. The van der Waals surface area contributed by atoms with Crippen molar-refractivity contribution in [3.63, 3.8) is 0 Å². The highest BCUT2D eigenvalue weighted by molar-refractivity contribution is 5.93. The number of aryl methyl sites for hydroxylation is 1. The van der Waals surface area contributed by atoms with Gasteiger partial charge in [-0.25, -0.2) is 4.79 Å². The summed E-state index contributed by atoms with van der Waals surface area (Å²) in [6.45, 7) is 1.72. The molecular formula is C18H20N4O2. The van der Waals surface area contributed by atoms with Gasteiger partial charge in [0.25, 0.3) is 0 Å². The molecule has 0 aliphatic carbocycles. The van der Waals surface area contributed by atoms with Gasteiger partial charge in [-0.3, -0.25) is 4.68 Å². The SMILES string of the molecule is Cn1cc(C(C)(O)CNC(=O)Nc2ccc3ccccc3c2)cn1. The lowest BCUT2D eigenvalue weighted by Crippen LogP contribution is -2.40. The second kappa shape index (κ2) is 6.33. The zero-order valence-corrected chi connectivity index (χ0v) is 13.7. The Hall–Kier alpha value is -2.86. The number of hydrogen-bond acceptors (Lipinski definition) is 3. The molecule has 6 nitrogen and oxygen atoms in total. The summed E-state index contributed by atoms with van der Waals surface area (Å²) in [5.74, 6) is 0. The first-order valence-electron chi connectivity index (χ1n) is 7.69. The predicted octanol–water partition coefficient (Wildman–Crippen LogP) is 2.60. The molecule has 0 bridgehead atoms. The Morgan fingerprint density at radius 3 is 2.71 bits per heavy atom. The van der Waals surface area contributed by atoms with Crippen LogP contribution in [0.1, 0.15) is 12.5 Å². The topological polar surface area (TPSA) is 79.2 Å². The van der Waals surface area contributed by atoms with Gasteiger partial charge in [0.1, 0.15) is 5.60 Å². The highest BCUT2D eigenvalue weighted by Crippen LogP contribution is 2.20. The largest absolute Gasteiger partial charge is 0.383 e. The maximum atomic E-state index is 12.1. The predicted molar refractivity (Wildman–Crippen MR) is 93.7 cm³/mol. The molecule has 0 aliphatic rings. The number of aliphatic hydroxyl groups is 1. The van der Waals surface area contributed by atoms with Crippen molar-refractivity contribution in [2.75, 3.05) is 11.9 Å². The van der Waals surface area contributed by atoms with Gasteiger partial charge in [-0.1, -0.05) is 30.3 Å². The Morgan fingerprint density at radius 2 is 2.00 bits per heavy atom. The van der Waals surface area contributed by atoms with Gasteiger partial charge in [-0.15, -0.1) is 0 Å². The molecule has 2 aromatic carbocycles. The van der Waals surface area contributed by atoms with E-state index in [0.717, 1.165) is 10.8 Å². The number of urea groups is 1. The molecule has 6 heteroatoms. The molecular weight excluding hydrogens is 304 g/mol. The van der Waals surface area contributed by atoms with E-state index in [-0.39, 0.29) is 12.6 Å². The maximum Gasteiger partial charge on any atom is 0.319 e. The summed E-state index contributed by atoms with van der Waals surface area (Å²) in [6, 6.07) is 13.3. The van der Waals surface area contributed by atoms with Crippen molar-refractivity contribution in [2.45, 2.75) is 12.5 Å².